The Morgan fingerprint density at radius 1 is 1.32 bits per heavy atom. The van der Waals surface area contributed by atoms with E-state index in [-0.39, 0.29) is 12.4 Å². The zero-order valence-electron chi connectivity index (χ0n) is 11.8. The molecule has 0 saturated heterocycles. The molecule has 7 heteroatoms. The lowest BCUT2D eigenvalue weighted by Crippen LogP contribution is -2.17. The molecular formula is C12H22N4O3. The molecule has 0 radical (unpaired) electrons. The first kappa shape index (κ1) is 15.7. The van der Waals surface area contributed by atoms with Crippen LogP contribution in [0.3, 0.4) is 0 Å². The lowest BCUT2D eigenvalue weighted by molar-refractivity contribution is -0.121. The number of Topliss-reactive ketones (excluding diaryl/α,β-unsaturated/α-hetero) is 1. The highest BCUT2D eigenvalue weighted by Crippen LogP contribution is 1.96. The highest BCUT2D eigenvalue weighted by Gasteiger charge is 2.01. The first-order chi connectivity index (χ1) is 9.08. The fourth-order valence-corrected chi connectivity index (χ4v) is 1.42. The summed E-state index contributed by atoms with van der Waals surface area (Å²) in [5.41, 5.74) is 0.909. The highest BCUT2D eigenvalue weighted by atomic mass is 16.5. The molecular weight excluding hydrogens is 248 g/mol. The molecule has 0 fully saturated rings. The number of ether oxygens (including phenoxy) is 2. The van der Waals surface area contributed by atoms with E-state index in [9.17, 15) is 4.79 Å². The lowest BCUT2D eigenvalue weighted by Gasteiger charge is -2.07. The van der Waals surface area contributed by atoms with Gasteiger partial charge in [-0.25, -0.2) is 4.68 Å². The Hall–Kier alpha value is -1.31. The van der Waals surface area contributed by atoms with Gasteiger partial charge in [0.1, 0.15) is 6.61 Å². The third-order valence-corrected chi connectivity index (χ3v) is 2.19. The maximum Gasteiger partial charge on any atom is 0.155 e. The van der Waals surface area contributed by atoms with E-state index in [1.807, 2.05) is 25.2 Å². The van der Waals surface area contributed by atoms with E-state index < -0.39 is 0 Å². The van der Waals surface area contributed by atoms with Gasteiger partial charge < -0.3 is 9.47 Å². The SMILES string of the molecule is CC(=O)COCCOCCc1cn(CN(C)C)nn1. The number of rotatable bonds is 10. The van der Waals surface area contributed by atoms with Crippen molar-refractivity contribution in [3.63, 3.8) is 0 Å². The molecule has 0 aliphatic carbocycles. The topological polar surface area (TPSA) is 69.5 Å². The summed E-state index contributed by atoms with van der Waals surface area (Å²) in [5.74, 6) is 0.0255. The molecule has 0 unspecified atom stereocenters. The summed E-state index contributed by atoms with van der Waals surface area (Å²) in [6, 6.07) is 0. The van der Waals surface area contributed by atoms with Crippen LogP contribution in [0.1, 0.15) is 12.6 Å². The molecule has 0 spiro atoms. The van der Waals surface area contributed by atoms with Gasteiger partial charge in [-0.1, -0.05) is 5.21 Å². The maximum absolute atomic E-state index is 10.6. The van der Waals surface area contributed by atoms with Crippen molar-refractivity contribution in [1.82, 2.24) is 19.9 Å². The van der Waals surface area contributed by atoms with Gasteiger partial charge in [0.05, 0.1) is 38.4 Å². The van der Waals surface area contributed by atoms with Crippen molar-refractivity contribution in [2.75, 3.05) is 40.5 Å². The fourth-order valence-electron chi connectivity index (χ4n) is 1.42. The number of carbonyl (C=O) groups excluding carboxylic acids is 1. The summed E-state index contributed by atoms with van der Waals surface area (Å²) in [6.45, 7) is 3.86. The van der Waals surface area contributed by atoms with Crippen LogP contribution in [0.25, 0.3) is 0 Å². The molecule has 0 aliphatic heterocycles. The lowest BCUT2D eigenvalue weighted by atomic mass is 10.3. The Labute approximate surface area is 113 Å². The van der Waals surface area contributed by atoms with Gasteiger partial charge in [-0.2, -0.15) is 0 Å². The summed E-state index contributed by atoms with van der Waals surface area (Å²) < 4.78 is 12.3. The monoisotopic (exact) mass is 270 g/mol. The van der Waals surface area contributed by atoms with E-state index in [4.69, 9.17) is 9.47 Å². The van der Waals surface area contributed by atoms with Gasteiger partial charge in [-0.15, -0.1) is 5.10 Å². The number of nitrogens with zero attached hydrogens (tertiary/aromatic N) is 4. The Bertz CT molecular complexity index is 379. The van der Waals surface area contributed by atoms with Gasteiger partial charge in [-0.05, 0) is 21.0 Å². The van der Waals surface area contributed by atoms with E-state index in [1.54, 1.807) is 4.68 Å². The van der Waals surface area contributed by atoms with Crippen molar-refractivity contribution in [3.05, 3.63) is 11.9 Å². The molecule has 108 valence electrons. The van der Waals surface area contributed by atoms with Crippen molar-refractivity contribution in [2.45, 2.75) is 20.0 Å². The summed E-state index contributed by atoms with van der Waals surface area (Å²) in [7, 11) is 3.96. The Morgan fingerprint density at radius 3 is 2.74 bits per heavy atom. The number of carbonyl (C=O) groups is 1. The molecule has 1 rings (SSSR count). The molecule has 1 aromatic rings. The van der Waals surface area contributed by atoms with Crippen LogP contribution in [0.2, 0.25) is 0 Å². The third-order valence-electron chi connectivity index (χ3n) is 2.19. The Morgan fingerprint density at radius 2 is 2.05 bits per heavy atom. The van der Waals surface area contributed by atoms with Crippen LogP contribution in [-0.4, -0.2) is 66.2 Å². The number of hydrogen-bond acceptors (Lipinski definition) is 6. The summed E-state index contributed by atoms with van der Waals surface area (Å²) in [4.78, 5) is 12.6. The molecule has 0 saturated carbocycles. The second kappa shape index (κ2) is 8.73. The summed E-state index contributed by atoms with van der Waals surface area (Å²) in [6.07, 6.45) is 2.63. The molecule has 0 amide bonds. The van der Waals surface area contributed by atoms with E-state index in [0.29, 0.717) is 26.5 Å². The van der Waals surface area contributed by atoms with Gasteiger partial charge in [0.25, 0.3) is 0 Å². The standard InChI is InChI=1S/C12H22N4O3/c1-11(17)9-19-7-6-18-5-4-12-8-16(14-13-12)10-15(2)3/h8H,4-7,9-10H2,1-3H3. The Balaban J connectivity index is 2.06. The van der Waals surface area contributed by atoms with E-state index in [1.165, 1.54) is 6.92 Å². The van der Waals surface area contributed by atoms with Crippen molar-refractivity contribution in [1.29, 1.82) is 0 Å². The van der Waals surface area contributed by atoms with Crippen LogP contribution in [0.5, 0.6) is 0 Å². The average molecular weight is 270 g/mol. The number of ketones is 1. The van der Waals surface area contributed by atoms with Gasteiger partial charge in [0, 0.05) is 6.42 Å². The predicted molar refractivity (Wildman–Crippen MR) is 69.7 cm³/mol. The number of aromatic nitrogens is 3. The average Bonchev–Trinajstić information content (AvgIpc) is 2.74. The van der Waals surface area contributed by atoms with Crippen LogP contribution in [-0.2, 0) is 27.4 Å². The quantitative estimate of drug-likeness (QED) is 0.556. The largest absolute Gasteiger partial charge is 0.379 e. The Kier molecular flexibility index (Phi) is 7.24. The molecule has 0 aliphatic rings. The zero-order valence-corrected chi connectivity index (χ0v) is 11.8. The van der Waals surface area contributed by atoms with E-state index >= 15 is 0 Å². The van der Waals surface area contributed by atoms with Crippen LogP contribution in [0, 0.1) is 0 Å². The molecule has 0 aromatic carbocycles. The second-order valence-corrected chi connectivity index (χ2v) is 4.59. The minimum absolute atomic E-state index is 0.0255. The normalized spacial score (nSPS) is 11.2. The minimum Gasteiger partial charge on any atom is -0.379 e. The van der Waals surface area contributed by atoms with E-state index in [2.05, 4.69) is 10.3 Å². The summed E-state index contributed by atoms with van der Waals surface area (Å²) in [5, 5.41) is 8.07. The number of hydrogen-bond donors (Lipinski definition) is 0. The zero-order chi connectivity index (χ0) is 14.1. The van der Waals surface area contributed by atoms with Gasteiger partial charge >= 0.3 is 0 Å². The molecule has 1 heterocycles. The molecule has 7 nitrogen and oxygen atoms in total. The predicted octanol–water partition coefficient (Wildman–Crippen LogP) is -0.0381. The van der Waals surface area contributed by atoms with Crippen molar-refractivity contribution >= 4 is 5.78 Å². The first-order valence-electron chi connectivity index (χ1n) is 6.26. The second-order valence-electron chi connectivity index (χ2n) is 4.59. The van der Waals surface area contributed by atoms with Gasteiger partial charge in [-0.3, -0.25) is 9.69 Å². The van der Waals surface area contributed by atoms with Crippen molar-refractivity contribution < 1.29 is 14.3 Å². The van der Waals surface area contributed by atoms with Crippen molar-refractivity contribution in [3.8, 4) is 0 Å². The fraction of sp³-hybridized carbons (Fsp3) is 0.750. The smallest absolute Gasteiger partial charge is 0.155 e. The molecule has 0 atom stereocenters. The van der Waals surface area contributed by atoms with E-state index in [0.717, 1.165) is 12.1 Å². The minimum atomic E-state index is 0.0255. The highest BCUT2D eigenvalue weighted by molar-refractivity contribution is 5.76. The molecule has 0 N–H and O–H groups in total. The van der Waals surface area contributed by atoms with Crippen LogP contribution >= 0.6 is 0 Å². The summed E-state index contributed by atoms with van der Waals surface area (Å²) >= 11 is 0. The molecule has 0 bridgehead atoms. The van der Waals surface area contributed by atoms with Crippen molar-refractivity contribution in [2.24, 2.45) is 0 Å². The van der Waals surface area contributed by atoms with Gasteiger partial charge in [0.2, 0.25) is 0 Å². The molecule has 1 aromatic heterocycles. The van der Waals surface area contributed by atoms with Crippen LogP contribution in [0.4, 0.5) is 0 Å². The third kappa shape index (κ3) is 7.66. The van der Waals surface area contributed by atoms with Crippen LogP contribution in [0.15, 0.2) is 6.20 Å². The van der Waals surface area contributed by atoms with Gasteiger partial charge in [0.15, 0.2) is 5.78 Å². The van der Waals surface area contributed by atoms with Crippen LogP contribution < -0.4 is 0 Å². The maximum atomic E-state index is 10.6. The first-order valence-corrected chi connectivity index (χ1v) is 6.26. The molecule has 19 heavy (non-hydrogen) atoms.